The number of benzene rings is 1. The van der Waals surface area contributed by atoms with Gasteiger partial charge in [0, 0.05) is 24.7 Å². The minimum absolute atomic E-state index is 0.0267. The molecule has 2 unspecified atom stereocenters. The summed E-state index contributed by atoms with van der Waals surface area (Å²) in [5.41, 5.74) is 0.301. The summed E-state index contributed by atoms with van der Waals surface area (Å²) in [6.07, 6.45) is 1.93. The fourth-order valence-corrected chi connectivity index (χ4v) is 5.11. The number of carboxylic acid groups (broad SMARTS) is 1. The zero-order chi connectivity index (χ0) is 17.5. The lowest BCUT2D eigenvalue weighted by molar-refractivity contribution is -0.143. The third kappa shape index (κ3) is 2.99. The molecule has 0 radical (unpaired) electrons. The molecule has 1 N–H and O–H groups in total. The minimum Gasteiger partial charge on any atom is -0.481 e. The molecule has 1 aliphatic rings. The number of pyridine rings is 1. The second-order valence-electron chi connectivity index (χ2n) is 6.14. The number of halogens is 1. The summed E-state index contributed by atoms with van der Waals surface area (Å²) in [5, 5.41) is 10.2. The lowest BCUT2D eigenvalue weighted by Gasteiger charge is -2.33. The topological polar surface area (TPSA) is 87.6 Å². The van der Waals surface area contributed by atoms with Gasteiger partial charge in [-0.15, -0.1) is 0 Å². The van der Waals surface area contributed by atoms with E-state index in [1.54, 1.807) is 18.2 Å². The summed E-state index contributed by atoms with van der Waals surface area (Å²) >= 11 is 6.13. The Morgan fingerprint density at radius 2 is 2.08 bits per heavy atom. The second-order valence-corrected chi connectivity index (χ2v) is 8.46. The number of para-hydroxylation sites is 1. The number of aromatic nitrogens is 1. The molecule has 0 saturated carbocycles. The van der Waals surface area contributed by atoms with Gasteiger partial charge in [-0.3, -0.25) is 9.78 Å². The van der Waals surface area contributed by atoms with Crippen molar-refractivity contribution in [3.63, 3.8) is 0 Å². The van der Waals surface area contributed by atoms with E-state index < -0.39 is 21.9 Å². The maximum absolute atomic E-state index is 13.1. The Bertz CT molecular complexity index is 900. The zero-order valence-electron chi connectivity index (χ0n) is 13.0. The SMILES string of the molecule is CC1CC(C(=O)O)CN(S(=O)(=O)c2cccc3c(Cl)ccnc23)C1. The molecule has 24 heavy (non-hydrogen) atoms. The molecule has 0 amide bonds. The van der Waals surface area contributed by atoms with Crippen LogP contribution in [0.25, 0.3) is 10.9 Å². The van der Waals surface area contributed by atoms with E-state index in [1.165, 1.54) is 16.6 Å². The van der Waals surface area contributed by atoms with Crippen molar-refractivity contribution in [1.82, 2.24) is 9.29 Å². The lowest BCUT2D eigenvalue weighted by Crippen LogP contribution is -2.45. The maximum Gasteiger partial charge on any atom is 0.307 e. The molecule has 3 rings (SSSR count). The van der Waals surface area contributed by atoms with Crippen molar-refractivity contribution in [2.75, 3.05) is 13.1 Å². The molecule has 1 fully saturated rings. The van der Waals surface area contributed by atoms with E-state index in [-0.39, 0.29) is 17.4 Å². The van der Waals surface area contributed by atoms with E-state index in [0.29, 0.717) is 28.9 Å². The summed E-state index contributed by atoms with van der Waals surface area (Å²) in [5.74, 6) is -1.70. The smallest absolute Gasteiger partial charge is 0.307 e. The number of nitrogens with zero attached hydrogens (tertiary/aromatic N) is 2. The number of fused-ring (bicyclic) bond motifs is 1. The molecule has 2 heterocycles. The van der Waals surface area contributed by atoms with Crippen molar-refractivity contribution in [3.05, 3.63) is 35.5 Å². The molecule has 1 aromatic carbocycles. The molecule has 0 aliphatic carbocycles. The minimum atomic E-state index is -3.86. The fourth-order valence-electron chi connectivity index (χ4n) is 3.14. The molecular weight excluding hydrogens is 352 g/mol. The number of sulfonamides is 1. The third-order valence-corrected chi connectivity index (χ3v) is 6.47. The molecular formula is C16H17ClN2O4S. The van der Waals surface area contributed by atoms with Gasteiger partial charge >= 0.3 is 5.97 Å². The van der Waals surface area contributed by atoms with Crippen LogP contribution in [0.5, 0.6) is 0 Å². The average molecular weight is 369 g/mol. The van der Waals surface area contributed by atoms with Gasteiger partial charge < -0.3 is 5.11 Å². The van der Waals surface area contributed by atoms with E-state index in [1.807, 2.05) is 6.92 Å². The van der Waals surface area contributed by atoms with E-state index >= 15 is 0 Å². The standard InChI is InChI=1S/C16H17ClN2O4S/c1-10-7-11(16(20)21)9-19(8-10)24(22,23)14-4-2-3-12-13(17)5-6-18-15(12)14/h2-6,10-11H,7-9H2,1H3,(H,20,21). The average Bonchev–Trinajstić information content (AvgIpc) is 2.54. The molecule has 128 valence electrons. The van der Waals surface area contributed by atoms with Gasteiger partial charge in [-0.1, -0.05) is 30.7 Å². The monoisotopic (exact) mass is 368 g/mol. The second kappa shape index (κ2) is 6.31. The summed E-state index contributed by atoms with van der Waals surface area (Å²) < 4.78 is 27.4. The number of rotatable bonds is 3. The van der Waals surface area contributed by atoms with Crippen LogP contribution in [0.4, 0.5) is 0 Å². The highest BCUT2D eigenvalue weighted by Gasteiger charge is 2.37. The summed E-state index contributed by atoms with van der Waals surface area (Å²) in [6, 6.07) is 6.41. The molecule has 0 bridgehead atoms. The molecule has 1 saturated heterocycles. The largest absolute Gasteiger partial charge is 0.481 e. The number of hydrogen-bond donors (Lipinski definition) is 1. The van der Waals surface area contributed by atoms with Crippen molar-refractivity contribution >= 4 is 38.5 Å². The molecule has 2 aromatic rings. The van der Waals surface area contributed by atoms with Crippen molar-refractivity contribution in [3.8, 4) is 0 Å². The highest BCUT2D eigenvalue weighted by molar-refractivity contribution is 7.89. The van der Waals surface area contributed by atoms with E-state index in [2.05, 4.69) is 4.98 Å². The van der Waals surface area contributed by atoms with Crippen LogP contribution in [0.2, 0.25) is 5.02 Å². The van der Waals surface area contributed by atoms with E-state index in [4.69, 9.17) is 11.6 Å². The summed E-state index contributed by atoms with van der Waals surface area (Å²) in [6.45, 7) is 2.12. The molecule has 1 aliphatic heterocycles. The molecule has 2 atom stereocenters. The van der Waals surface area contributed by atoms with Crippen molar-refractivity contribution in [2.24, 2.45) is 11.8 Å². The first-order valence-corrected chi connectivity index (χ1v) is 9.38. The Morgan fingerprint density at radius 3 is 2.79 bits per heavy atom. The van der Waals surface area contributed by atoms with Gasteiger partial charge in [0.1, 0.15) is 4.90 Å². The van der Waals surface area contributed by atoms with Crippen molar-refractivity contribution < 1.29 is 18.3 Å². The summed E-state index contributed by atoms with van der Waals surface area (Å²) in [4.78, 5) is 15.5. The first-order valence-electron chi connectivity index (χ1n) is 7.57. The van der Waals surface area contributed by atoms with Gasteiger partial charge in [-0.2, -0.15) is 4.31 Å². The number of piperidine rings is 1. The van der Waals surface area contributed by atoms with Crippen LogP contribution in [0.15, 0.2) is 35.4 Å². The Hall–Kier alpha value is -1.70. The van der Waals surface area contributed by atoms with Gasteiger partial charge in [-0.25, -0.2) is 8.42 Å². The first-order chi connectivity index (χ1) is 11.3. The molecule has 8 heteroatoms. The van der Waals surface area contributed by atoms with Gasteiger partial charge in [-0.05, 0) is 24.5 Å². The predicted molar refractivity (Wildman–Crippen MR) is 90.4 cm³/mol. The zero-order valence-corrected chi connectivity index (χ0v) is 14.6. The Labute approximate surface area is 145 Å². The number of carboxylic acids is 1. The number of carbonyl (C=O) groups is 1. The van der Waals surface area contributed by atoms with Crippen LogP contribution in [0.3, 0.4) is 0 Å². The molecule has 1 aromatic heterocycles. The van der Waals surface area contributed by atoms with Crippen LogP contribution in [0.1, 0.15) is 13.3 Å². The van der Waals surface area contributed by atoms with Gasteiger partial charge in [0.25, 0.3) is 0 Å². The van der Waals surface area contributed by atoms with Gasteiger partial charge in [0.15, 0.2) is 0 Å². The lowest BCUT2D eigenvalue weighted by atomic mass is 9.92. The van der Waals surface area contributed by atoms with Gasteiger partial charge in [0.2, 0.25) is 10.0 Å². The number of hydrogen-bond acceptors (Lipinski definition) is 4. The van der Waals surface area contributed by atoms with Crippen molar-refractivity contribution in [1.29, 1.82) is 0 Å². The predicted octanol–water partition coefficient (Wildman–Crippen LogP) is 2.62. The van der Waals surface area contributed by atoms with Gasteiger partial charge in [0.05, 0.1) is 16.5 Å². The Kier molecular flexibility index (Phi) is 4.50. The first kappa shape index (κ1) is 17.1. The summed E-state index contributed by atoms with van der Waals surface area (Å²) in [7, 11) is -3.86. The van der Waals surface area contributed by atoms with E-state index in [0.717, 1.165) is 0 Å². The third-order valence-electron chi connectivity index (χ3n) is 4.27. The van der Waals surface area contributed by atoms with Crippen LogP contribution >= 0.6 is 11.6 Å². The van der Waals surface area contributed by atoms with E-state index in [9.17, 15) is 18.3 Å². The maximum atomic E-state index is 13.1. The van der Waals surface area contributed by atoms with Crippen LogP contribution < -0.4 is 0 Å². The number of aliphatic carboxylic acids is 1. The fraction of sp³-hybridized carbons (Fsp3) is 0.375. The quantitative estimate of drug-likeness (QED) is 0.899. The Balaban J connectivity index is 2.08. The highest BCUT2D eigenvalue weighted by atomic mass is 35.5. The van der Waals surface area contributed by atoms with Crippen LogP contribution in [0, 0.1) is 11.8 Å². The molecule has 0 spiro atoms. The normalized spacial score (nSPS) is 22.6. The highest BCUT2D eigenvalue weighted by Crippen LogP contribution is 2.31. The molecule has 6 nitrogen and oxygen atoms in total. The van der Waals surface area contributed by atoms with Crippen molar-refractivity contribution in [2.45, 2.75) is 18.2 Å². The Morgan fingerprint density at radius 1 is 1.33 bits per heavy atom. The van der Waals surface area contributed by atoms with Crippen LogP contribution in [-0.4, -0.2) is 41.9 Å². The van der Waals surface area contributed by atoms with Crippen LogP contribution in [-0.2, 0) is 14.8 Å².